The fourth-order valence-corrected chi connectivity index (χ4v) is 1.07. The van der Waals surface area contributed by atoms with Gasteiger partial charge < -0.3 is 9.84 Å². The Bertz CT molecular complexity index is 324. The molecule has 1 rings (SSSR count). The number of ether oxygens (including phenoxy) is 1. The van der Waals surface area contributed by atoms with Gasteiger partial charge in [0.2, 0.25) is 0 Å². The number of halogens is 2. The molecule has 1 aromatic rings. The Kier molecular flexibility index (Phi) is 3.41. The van der Waals surface area contributed by atoms with Crippen molar-refractivity contribution < 1.29 is 18.6 Å². The predicted octanol–water partition coefficient (Wildman–Crippen LogP) is 2.24. The highest BCUT2D eigenvalue weighted by molar-refractivity contribution is 5.32. The van der Waals surface area contributed by atoms with Gasteiger partial charge in [-0.3, -0.25) is 0 Å². The molecule has 0 fully saturated rings. The van der Waals surface area contributed by atoms with Crippen LogP contribution in [-0.4, -0.2) is 11.2 Å². The third kappa shape index (κ3) is 2.20. The van der Waals surface area contributed by atoms with Gasteiger partial charge in [0.15, 0.2) is 11.6 Å². The van der Waals surface area contributed by atoms with Gasteiger partial charge >= 0.3 is 0 Å². The molecule has 0 bridgehead atoms. The summed E-state index contributed by atoms with van der Waals surface area (Å²) in [6.07, 6.45) is -0.193. The van der Waals surface area contributed by atoms with E-state index in [9.17, 15) is 8.78 Å². The minimum atomic E-state index is -0.832. The minimum Gasteiger partial charge on any atom is -0.488 e. The zero-order valence-electron chi connectivity index (χ0n) is 8.05. The Hall–Kier alpha value is -1.16. The van der Waals surface area contributed by atoms with Gasteiger partial charge in [-0.05, 0) is 26.0 Å². The molecular weight excluding hydrogens is 190 g/mol. The van der Waals surface area contributed by atoms with E-state index in [4.69, 9.17) is 9.84 Å². The van der Waals surface area contributed by atoms with Crippen LogP contribution in [0.3, 0.4) is 0 Å². The Labute approximate surface area is 81.1 Å². The van der Waals surface area contributed by atoms with E-state index in [1.165, 1.54) is 6.07 Å². The first-order chi connectivity index (χ1) is 6.56. The summed E-state index contributed by atoms with van der Waals surface area (Å²) in [5, 5.41) is 8.72. The first-order valence-corrected chi connectivity index (χ1v) is 4.30. The summed E-state index contributed by atoms with van der Waals surface area (Å²) in [4.78, 5) is 0. The quantitative estimate of drug-likeness (QED) is 0.814. The average Bonchev–Trinajstić information content (AvgIpc) is 2.10. The number of benzene rings is 1. The van der Waals surface area contributed by atoms with Gasteiger partial charge in [0.05, 0.1) is 18.3 Å². The SMILES string of the molecule is CC(C)Oc1ccc(F)c(CO)c1F. The molecule has 0 aliphatic heterocycles. The number of aliphatic hydroxyl groups is 1. The second-order valence-corrected chi connectivity index (χ2v) is 3.16. The highest BCUT2D eigenvalue weighted by Crippen LogP contribution is 2.23. The zero-order valence-corrected chi connectivity index (χ0v) is 8.05. The van der Waals surface area contributed by atoms with Crippen molar-refractivity contribution in [2.75, 3.05) is 0 Å². The molecular formula is C10H12F2O2. The summed E-state index contributed by atoms with van der Waals surface area (Å²) in [7, 11) is 0. The maximum atomic E-state index is 13.4. The Balaban J connectivity index is 3.08. The first kappa shape index (κ1) is 10.9. The molecule has 0 spiro atoms. The Morgan fingerprint density at radius 1 is 1.36 bits per heavy atom. The average molecular weight is 202 g/mol. The van der Waals surface area contributed by atoms with Crippen LogP contribution in [0.15, 0.2) is 12.1 Å². The van der Waals surface area contributed by atoms with E-state index >= 15 is 0 Å². The van der Waals surface area contributed by atoms with E-state index in [2.05, 4.69) is 0 Å². The maximum Gasteiger partial charge on any atom is 0.173 e. The molecule has 0 aliphatic carbocycles. The van der Waals surface area contributed by atoms with Gasteiger partial charge in [0.25, 0.3) is 0 Å². The van der Waals surface area contributed by atoms with E-state index in [-0.39, 0.29) is 17.4 Å². The van der Waals surface area contributed by atoms with Crippen molar-refractivity contribution in [1.29, 1.82) is 0 Å². The third-order valence-corrected chi connectivity index (χ3v) is 1.67. The van der Waals surface area contributed by atoms with Crippen LogP contribution in [0.2, 0.25) is 0 Å². The summed E-state index contributed by atoms with van der Waals surface area (Å²) in [5.74, 6) is -1.63. The van der Waals surface area contributed by atoms with Crippen molar-refractivity contribution >= 4 is 0 Å². The number of hydrogen-bond acceptors (Lipinski definition) is 2. The van der Waals surface area contributed by atoms with Crippen LogP contribution in [0.25, 0.3) is 0 Å². The fraction of sp³-hybridized carbons (Fsp3) is 0.400. The Morgan fingerprint density at radius 3 is 2.50 bits per heavy atom. The third-order valence-electron chi connectivity index (χ3n) is 1.67. The molecule has 4 heteroatoms. The highest BCUT2D eigenvalue weighted by Gasteiger charge is 2.14. The lowest BCUT2D eigenvalue weighted by Gasteiger charge is -2.12. The summed E-state index contributed by atoms with van der Waals surface area (Å²) in [6, 6.07) is 2.29. The van der Waals surface area contributed by atoms with Crippen molar-refractivity contribution in [3.63, 3.8) is 0 Å². The number of hydrogen-bond donors (Lipinski definition) is 1. The van der Waals surface area contributed by atoms with Crippen molar-refractivity contribution in [3.05, 3.63) is 29.3 Å². The molecule has 0 radical (unpaired) electrons. The van der Waals surface area contributed by atoms with Crippen LogP contribution in [0.5, 0.6) is 5.75 Å². The summed E-state index contributed by atoms with van der Waals surface area (Å²) >= 11 is 0. The van der Waals surface area contributed by atoms with Gasteiger partial charge in [-0.25, -0.2) is 8.78 Å². The second-order valence-electron chi connectivity index (χ2n) is 3.16. The van der Waals surface area contributed by atoms with Crippen molar-refractivity contribution in [3.8, 4) is 5.75 Å². The maximum absolute atomic E-state index is 13.4. The van der Waals surface area contributed by atoms with Crippen molar-refractivity contribution in [2.45, 2.75) is 26.6 Å². The zero-order chi connectivity index (χ0) is 10.7. The van der Waals surface area contributed by atoms with Gasteiger partial charge in [-0.2, -0.15) is 0 Å². The molecule has 14 heavy (non-hydrogen) atoms. The molecule has 0 unspecified atom stereocenters. The van der Waals surface area contributed by atoms with Gasteiger partial charge in [-0.15, -0.1) is 0 Å². The lowest BCUT2D eigenvalue weighted by Crippen LogP contribution is -2.08. The lowest BCUT2D eigenvalue weighted by atomic mass is 10.2. The predicted molar refractivity (Wildman–Crippen MR) is 48.0 cm³/mol. The van der Waals surface area contributed by atoms with Crippen LogP contribution < -0.4 is 4.74 Å². The van der Waals surface area contributed by atoms with Crippen LogP contribution in [0.4, 0.5) is 8.78 Å². The molecule has 1 aromatic carbocycles. The molecule has 0 aliphatic rings. The largest absolute Gasteiger partial charge is 0.488 e. The van der Waals surface area contributed by atoms with E-state index in [1.807, 2.05) is 0 Å². The normalized spacial score (nSPS) is 10.7. The fourth-order valence-electron chi connectivity index (χ4n) is 1.07. The summed E-state index contributed by atoms with van der Waals surface area (Å²) < 4.78 is 31.4. The smallest absolute Gasteiger partial charge is 0.173 e. The van der Waals surface area contributed by atoms with Gasteiger partial charge in [-0.1, -0.05) is 0 Å². The van der Waals surface area contributed by atoms with Gasteiger partial charge in [0, 0.05) is 0 Å². The number of rotatable bonds is 3. The molecule has 0 heterocycles. The monoisotopic (exact) mass is 202 g/mol. The van der Waals surface area contributed by atoms with Crippen molar-refractivity contribution in [2.24, 2.45) is 0 Å². The second kappa shape index (κ2) is 4.37. The van der Waals surface area contributed by atoms with Crippen LogP contribution in [0, 0.1) is 11.6 Å². The molecule has 78 valence electrons. The molecule has 1 N–H and O–H groups in total. The van der Waals surface area contributed by atoms with E-state index in [0.29, 0.717) is 0 Å². The first-order valence-electron chi connectivity index (χ1n) is 4.30. The summed E-state index contributed by atoms with van der Waals surface area (Å²) in [6.45, 7) is 2.80. The molecule has 0 aromatic heterocycles. The molecule has 0 atom stereocenters. The van der Waals surface area contributed by atoms with Crippen LogP contribution in [0.1, 0.15) is 19.4 Å². The summed E-state index contributed by atoms with van der Waals surface area (Å²) in [5.41, 5.74) is -0.358. The number of aliphatic hydroxyl groups excluding tert-OH is 1. The molecule has 0 saturated carbocycles. The van der Waals surface area contributed by atoms with Crippen molar-refractivity contribution in [1.82, 2.24) is 0 Å². The van der Waals surface area contributed by atoms with Crippen LogP contribution >= 0.6 is 0 Å². The molecule has 2 nitrogen and oxygen atoms in total. The van der Waals surface area contributed by atoms with Gasteiger partial charge in [0.1, 0.15) is 5.82 Å². The standard InChI is InChI=1S/C10H12F2O2/c1-6(2)14-9-4-3-8(11)7(5-13)10(9)12/h3-4,6,13H,5H2,1-2H3. The Morgan fingerprint density at radius 2 is 2.00 bits per heavy atom. The highest BCUT2D eigenvalue weighted by atomic mass is 19.1. The van der Waals surface area contributed by atoms with Crippen LogP contribution in [-0.2, 0) is 6.61 Å². The van der Waals surface area contributed by atoms with E-state index in [0.717, 1.165) is 6.07 Å². The molecule has 0 saturated heterocycles. The lowest BCUT2D eigenvalue weighted by molar-refractivity contribution is 0.223. The molecule has 0 amide bonds. The van der Waals surface area contributed by atoms with E-state index in [1.54, 1.807) is 13.8 Å². The minimum absolute atomic E-state index is 0.0366. The topological polar surface area (TPSA) is 29.5 Å². The van der Waals surface area contributed by atoms with E-state index < -0.39 is 18.2 Å².